The first kappa shape index (κ1) is 16.5. The Hall–Kier alpha value is -2.40. The van der Waals surface area contributed by atoms with Gasteiger partial charge in [0.15, 0.2) is 0 Å². The normalized spacial score (nSPS) is 13.5. The molecular formula is C19H21N3OS. The van der Waals surface area contributed by atoms with E-state index in [-0.39, 0.29) is 6.04 Å². The van der Waals surface area contributed by atoms with Crippen molar-refractivity contribution in [2.75, 3.05) is 11.6 Å². The van der Waals surface area contributed by atoms with E-state index in [0.29, 0.717) is 0 Å². The molecule has 4 nitrogen and oxygen atoms in total. The maximum absolute atomic E-state index is 11.5. The van der Waals surface area contributed by atoms with Crippen LogP contribution in [0.5, 0.6) is 0 Å². The number of aromatic nitrogens is 2. The van der Waals surface area contributed by atoms with Crippen LogP contribution in [0, 0.1) is 6.92 Å². The van der Waals surface area contributed by atoms with Crippen molar-refractivity contribution in [2.24, 2.45) is 0 Å². The summed E-state index contributed by atoms with van der Waals surface area (Å²) in [7, 11) is -0.947. The minimum absolute atomic E-state index is 0.127. The smallest absolute Gasteiger partial charge is 0.0877 e. The lowest BCUT2D eigenvalue weighted by Gasteiger charge is -2.18. The Bertz CT molecular complexity index is 855. The van der Waals surface area contributed by atoms with Crippen LogP contribution in [0.3, 0.4) is 0 Å². The third kappa shape index (κ3) is 3.57. The van der Waals surface area contributed by atoms with E-state index in [1.54, 1.807) is 6.26 Å². The molecule has 0 aliphatic carbocycles. The number of rotatable bonds is 5. The average molecular weight is 339 g/mol. The zero-order chi connectivity index (χ0) is 17.1. The molecule has 0 saturated carbocycles. The fourth-order valence-electron chi connectivity index (χ4n) is 2.61. The van der Waals surface area contributed by atoms with Gasteiger partial charge in [0.1, 0.15) is 0 Å². The van der Waals surface area contributed by atoms with Crippen molar-refractivity contribution in [3.63, 3.8) is 0 Å². The molecule has 1 N–H and O–H groups in total. The molecule has 3 rings (SSSR count). The third-order valence-electron chi connectivity index (χ3n) is 3.96. The second-order valence-electron chi connectivity index (χ2n) is 5.81. The molecule has 2 aromatic carbocycles. The summed E-state index contributed by atoms with van der Waals surface area (Å²) < 4.78 is 13.4. The highest BCUT2D eigenvalue weighted by Crippen LogP contribution is 2.25. The van der Waals surface area contributed by atoms with Gasteiger partial charge in [-0.3, -0.25) is 4.21 Å². The molecule has 0 bridgehead atoms. The van der Waals surface area contributed by atoms with E-state index >= 15 is 0 Å². The number of para-hydroxylation sites is 2. The summed E-state index contributed by atoms with van der Waals surface area (Å²) in [4.78, 5) is 0.846. The van der Waals surface area contributed by atoms with Gasteiger partial charge in [-0.15, -0.1) is 0 Å². The van der Waals surface area contributed by atoms with Gasteiger partial charge < -0.3 is 5.32 Å². The molecule has 0 aliphatic heterocycles. The first-order valence-electron chi connectivity index (χ1n) is 7.86. The number of nitrogens with one attached hydrogen (secondary N) is 1. The van der Waals surface area contributed by atoms with Crippen LogP contribution in [0.4, 0.5) is 5.69 Å². The number of hydrogen-bond acceptors (Lipinski definition) is 3. The molecule has 124 valence electrons. The Morgan fingerprint density at radius 2 is 1.79 bits per heavy atom. The molecule has 0 fully saturated rings. The zero-order valence-corrected chi connectivity index (χ0v) is 14.9. The van der Waals surface area contributed by atoms with Gasteiger partial charge >= 0.3 is 0 Å². The van der Waals surface area contributed by atoms with Crippen molar-refractivity contribution >= 4 is 16.5 Å². The molecule has 0 amide bonds. The fourth-order valence-corrected chi connectivity index (χ4v) is 3.13. The molecule has 2 atom stereocenters. The minimum Gasteiger partial charge on any atom is -0.377 e. The van der Waals surface area contributed by atoms with Crippen molar-refractivity contribution < 1.29 is 4.21 Å². The molecule has 0 radical (unpaired) electrons. The first-order chi connectivity index (χ1) is 11.5. The number of hydrogen-bond donors (Lipinski definition) is 1. The van der Waals surface area contributed by atoms with Crippen LogP contribution in [-0.4, -0.2) is 20.2 Å². The Labute approximate surface area is 145 Å². The van der Waals surface area contributed by atoms with Gasteiger partial charge in [0.2, 0.25) is 0 Å². The highest BCUT2D eigenvalue weighted by atomic mass is 32.2. The van der Waals surface area contributed by atoms with Crippen molar-refractivity contribution in [3.05, 3.63) is 72.1 Å². The summed E-state index contributed by atoms with van der Waals surface area (Å²) in [6, 6.07) is 18.1. The highest BCUT2D eigenvalue weighted by Gasteiger charge is 2.10. The van der Waals surface area contributed by atoms with E-state index in [0.717, 1.165) is 27.5 Å². The average Bonchev–Trinajstić information content (AvgIpc) is 3.01. The molecule has 0 aliphatic rings. The van der Waals surface area contributed by atoms with Gasteiger partial charge in [-0.2, -0.15) is 5.10 Å². The third-order valence-corrected chi connectivity index (χ3v) is 4.89. The van der Waals surface area contributed by atoms with Gasteiger partial charge in [-0.25, -0.2) is 4.68 Å². The van der Waals surface area contributed by atoms with Gasteiger partial charge in [-0.1, -0.05) is 24.3 Å². The quantitative estimate of drug-likeness (QED) is 0.761. The Balaban J connectivity index is 1.84. The molecular weight excluding hydrogens is 318 g/mol. The van der Waals surface area contributed by atoms with E-state index < -0.39 is 10.8 Å². The van der Waals surface area contributed by atoms with Crippen LogP contribution >= 0.6 is 0 Å². The van der Waals surface area contributed by atoms with Crippen LogP contribution in [0.2, 0.25) is 0 Å². The van der Waals surface area contributed by atoms with E-state index in [1.165, 1.54) is 0 Å². The second-order valence-corrected chi connectivity index (χ2v) is 7.19. The maximum atomic E-state index is 11.5. The minimum atomic E-state index is -0.947. The molecule has 24 heavy (non-hydrogen) atoms. The summed E-state index contributed by atoms with van der Waals surface area (Å²) in [6.45, 7) is 4.09. The molecule has 5 heteroatoms. The molecule has 3 aromatic rings. The van der Waals surface area contributed by atoms with E-state index in [9.17, 15) is 4.21 Å². The molecule has 1 aromatic heterocycles. The van der Waals surface area contributed by atoms with E-state index in [1.807, 2.05) is 66.3 Å². The first-order valence-corrected chi connectivity index (χ1v) is 9.42. The van der Waals surface area contributed by atoms with Crippen molar-refractivity contribution in [1.29, 1.82) is 0 Å². The lowest BCUT2D eigenvalue weighted by molar-refractivity contribution is 0.686. The number of nitrogens with zero attached hydrogens (tertiary/aromatic N) is 2. The van der Waals surface area contributed by atoms with Crippen molar-refractivity contribution in [2.45, 2.75) is 24.8 Å². The predicted octanol–water partition coefficient (Wildman–Crippen LogP) is 4.09. The maximum Gasteiger partial charge on any atom is 0.0877 e. The van der Waals surface area contributed by atoms with Gasteiger partial charge in [0.05, 0.1) is 17.1 Å². The lowest BCUT2D eigenvalue weighted by atomic mass is 10.1. The van der Waals surface area contributed by atoms with Crippen molar-refractivity contribution in [1.82, 2.24) is 9.78 Å². The SMILES string of the molecule is Cc1ccn(-c2ccccc2N[C@H](C)c2ccc([S@@](C)=O)cc2)n1. The van der Waals surface area contributed by atoms with Crippen LogP contribution in [0.25, 0.3) is 5.69 Å². The van der Waals surface area contributed by atoms with Crippen molar-refractivity contribution in [3.8, 4) is 5.69 Å². The second kappa shape index (κ2) is 7.01. The zero-order valence-electron chi connectivity index (χ0n) is 14.1. The summed E-state index contributed by atoms with van der Waals surface area (Å²) in [5.74, 6) is 0. The molecule has 1 heterocycles. The topological polar surface area (TPSA) is 46.9 Å². The fraction of sp³-hybridized carbons (Fsp3) is 0.211. The van der Waals surface area contributed by atoms with Gasteiger partial charge in [0.25, 0.3) is 0 Å². The van der Waals surface area contributed by atoms with Crippen LogP contribution in [-0.2, 0) is 10.8 Å². The van der Waals surface area contributed by atoms with Crippen LogP contribution < -0.4 is 5.32 Å². The predicted molar refractivity (Wildman–Crippen MR) is 99.1 cm³/mol. The number of anilines is 1. The molecule has 0 saturated heterocycles. The Morgan fingerprint density at radius 3 is 2.42 bits per heavy atom. The largest absolute Gasteiger partial charge is 0.377 e. The van der Waals surface area contributed by atoms with Gasteiger partial charge in [0, 0.05) is 34.2 Å². The van der Waals surface area contributed by atoms with E-state index in [4.69, 9.17) is 0 Å². The summed E-state index contributed by atoms with van der Waals surface area (Å²) in [5.41, 5.74) is 4.18. The van der Waals surface area contributed by atoms with Crippen LogP contribution in [0.1, 0.15) is 24.2 Å². The Kier molecular flexibility index (Phi) is 4.81. The summed E-state index contributed by atoms with van der Waals surface area (Å²) in [6.07, 6.45) is 3.66. The number of benzene rings is 2. The number of aryl methyl sites for hydroxylation is 1. The summed E-state index contributed by atoms with van der Waals surface area (Å²) in [5, 5.41) is 8.04. The highest BCUT2D eigenvalue weighted by molar-refractivity contribution is 7.84. The molecule has 0 unspecified atom stereocenters. The van der Waals surface area contributed by atoms with Gasteiger partial charge in [-0.05, 0) is 49.7 Å². The van der Waals surface area contributed by atoms with E-state index in [2.05, 4.69) is 23.4 Å². The molecule has 0 spiro atoms. The van der Waals surface area contributed by atoms with Crippen LogP contribution in [0.15, 0.2) is 65.7 Å². The monoisotopic (exact) mass is 339 g/mol. The standard InChI is InChI=1S/C19H21N3OS/c1-14-12-13-22(21-14)19-7-5-4-6-18(19)20-15(2)16-8-10-17(11-9-16)24(3)23/h4-13,15,20H,1-3H3/t15-,24-/m1/s1. The lowest BCUT2D eigenvalue weighted by Crippen LogP contribution is -2.09. The summed E-state index contributed by atoms with van der Waals surface area (Å²) >= 11 is 0. The Morgan fingerprint density at radius 1 is 1.08 bits per heavy atom.